The summed E-state index contributed by atoms with van der Waals surface area (Å²) in [6.45, 7) is 5.46. The van der Waals surface area contributed by atoms with Crippen molar-refractivity contribution in [2.75, 3.05) is 19.8 Å². The SMILES string of the molecule is CCNCc1ccc(OC2CCOCC2)cn1. The van der Waals surface area contributed by atoms with Crippen LogP contribution in [0.25, 0.3) is 0 Å². The Hall–Kier alpha value is -1.13. The standard InChI is InChI=1S/C13H20N2O2/c1-2-14-9-11-3-4-13(10-15-11)17-12-5-7-16-8-6-12/h3-4,10,12,14H,2,5-9H2,1H3. The lowest BCUT2D eigenvalue weighted by molar-refractivity contribution is 0.0254. The lowest BCUT2D eigenvalue weighted by Gasteiger charge is -2.23. The molecule has 4 heteroatoms. The molecule has 1 aromatic heterocycles. The summed E-state index contributed by atoms with van der Waals surface area (Å²) in [5.74, 6) is 0.858. The Balaban J connectivity index is 1.84. The second kappa shape index (κ2) is 6.57. The first-order valence-corrected chi connectivity index (χ1v) is 6.28. The van der Waals surface area contributed by atoms with Crippen LogP contribution in [0.4, 0.5) is 0 Å². The van der Waals surface area contributed by atoms with E-state index in [4.69, 9.17) is 9.47 Å². The molecular formula is C13H20N2O2. The van der Waals surface area contributed by atoms with Gasteiger partial charge in [-0.05, 0) is 18.7 Å². The summed E-state index contributed by atoms with van der Waals surface area (Å²) in [6, 6.07) is 4.01. The van der Waals surface area contributed by atoms with E-state index in [-0.39, 0.29) is 6.10 Å². The fourth-order valence-electron chi connectivity index (χ4n) is 1.82. The number of nitrogens with one attached hydrogen (secondary N) is 1. The van der Waals surface area contributed by atoms with E-state index in [0.717, 1.165) is 50.6 Å². The maximum Gasteiger partial charge on any atom is 0.138 e. The zero-order valence-corrected chi connectivity index (χ0v) is 10.3. The van der Waals surface area contributed by atoms with Crippen molar-refractivity contribution in [3.8, 4) is 5.75 Å². The lowest BCUT2D eigenvalue weighted by Crippen LogP contribution is -2.25. The van der Waals surface area contributed by atoms with Crippen molar-refractivity contribution < 1.29 is 9.47 Å². The summed E-state index contributed by atoms with van der Waals surface area (Å²) in [5.41, 5.74) is 1.05. The molecule has 2 heterocycles. The van der Waals surface area contributed by atoms with E-state index in [9.17, 15) is 0 Å². The molecule has 1 aliphatic rings. The zero-order chi connectivity index (χ0) is 11.9. The minimum atomic E-state index is 0.283. The highest BCUT2D eigenvalue weighted by Crippen LogP contribution is 2.17. The van der Waals surface area contributed by atoms with Gasteiger partial charge in [0.25, 0.3) is 0 Å². The molecule has 0 unspecified atom stereocenters. The van der Waals surface area contributed by atoms with Crippen LogP contribution in [0.15, 0.2) is 18.3 Å². The van der Waals surface area contributed by atoms with Crippen LogP contribution in [0.2, 0.25) is 0 Å². The highest BCUT2D eigenvalue weighted by atomic mass is 16.5. The van der Waals surface area contributed by atoms with Gasteiger partial charge in [0.05, 0.1) is 25.1 Å². The van der Waals surface area contributed by atoms with Crippen LogP contribution < -0.4 is 10.1 Å². The molecule has 0 atom stereocenters. The minimum absolute atomic E-state index is 0.283. The van der Waals surface area contributed by atoms with E-state index in [1.807, 2.05) is 18.3 Å². The summed E-state index contributed by atoms with van der Waals surface area (Å²) in [5, 5.41) is 3.25. The predicted octanol–water partition coefficient (Wildman–Crippen LogP) is 1.75. The second-order valence-electron chi connectivity index (χ2n) is 4.20. The van der Waals surface area contributed by atoms with Gasteiger partial charge in [-0.1, -0.05) is 6.92 Å². The molecule has 1 saturated heterocycles. The highest BCUT2D eigenvalue weighted by Gasteiger charge is 2.15. The van der Waals surface area contributed by atoms with Gasteiger partial charge in [-0.2, -0.15) is 0 Å². The van der Waals surface area contributed by atoms with Gasteiger partial charge in [0.15, 0.2) is 0 Å². The largest absolute Gasteiger partial charge is 0.489 e. The van der Waals surface area contributed by atoms with Gasteiger partial charge in [0, 0.05) is 19.4 Å². The predicted molar refractivity (Wildman–Crippen MR) is 66.1 cm³/mol. The van der Waals surface area contributed by atoms with Gasteiger partial charge < -0.3 is 14.8 Å². The first-order chi connectivity index (χ1) is 8.38. The van der Waals surface area contributed by atoms with Crippen LogP contribution >= 0.6 is 0 Å². The van der Waals surface area contributed by atoms with E-state index >= 15 is 0 Å². The third kappa shape index (κ3) is 3.98. The summed E-state index contributed by atoms with van der Waals surface area (Å²) in [6.07, 6.45) is 4.03. The highest BCUT2D eigenvalue weighted by molar-refractivity contribution is 5.20. The fraction of sp³-hybridized carbons (Fsp3) is 0.615. The molecule has 1 aliphatic heterocycles. The Morgan fingerprint density at radius 1 is 1.41 bits per heavy atom. The normalized spacial score (nSPS) is 17.0. The molecule has 17 heavy (non-hydrogen) atoms. The molecule has 2 rings (SSSR count). The van der Waals surface area contributed by atoms with Crippen molar-refractivity contribution in [3.05, 3.63) is 24.0 Å². The first-order valence-electron chi connectivity index (χ1n) is 6.28. The Bertz CT molecular complexity index is 321. The van der Waals surface area contributed by atoms with Crippen molar-refractivity contribution in [1.29, 1.82) is 0 Å². The Morgan fingerprint density at radius 2 is 2.24 bits per heavy atom. The van der Waals surface area contributed by atoms with E-state index < -0.39 is 0 Å². The van der Waals surface area contributed by atoms with Gasteiger partial charge in [-0.25, -0.2) is 0 Å². The third-order valence-electron chi connectivity index (χ3n) is 2.82. The molecule has 0 amide bonds. The van der Waals surface area contributed by atoms with Gasteiger partial charge in [-0.3, -0.25) is 4.98 Å². The molecule has 0 saturated carbocycles. The van der Waals surface area contributed by atoms with E-state index in [1.165, 1.54) is 0 Å². The zero-order valence-electron chi connectivity index (χ0n) is 10.3. The van der Waals surface area contributed by atoms with Crippen LogP contribution in [0.1, 0.15) is 25.5 Å². The average molecular weight is 236 g/mol. The molecule has 94 valence electrons. The smallest absolute Gasteiger partial charge is 0.138 e. The van der Waals surface area contributed by atoms with Gasteiger partial charge in [0.2, 0.25) is 0 Å². The Kier molecular flexibility index (Phi) is 4.76. The van der Waals surface area contributed by atoms with Crippen molar-refractivity contribution >= 4 is 0 Å². The molecular weight excluding hydrogens is 216 g/mol. The van der Waals surface area contributed by atoms with Crippen LogP contribution in [-0.2, 0) is 11.3 Å². The maximum atomic E-state index is 5.85. The van der Waals surface area contributed by atoms with Crippen molar-refractivity contribution in [1.82, 2.24) is 10.3 Å². The molecule has 1 aromatic rings. The van der Waals surface area contributed by atoms with Gasteiger partial charge >= 0.3 is 0 Å². The van der Waals surface area contributed by atoms with Crippen molar-refractivity contribution in [3.63, 3.8) is 0 Å². The number of aromatic nitrogens is 1. The Labute approximate surface area is 102 Å². The fourth-order valence-corrected chi connectivity index (χ4v) is 1.82. The molecule has 0 bridgehead atoms. The molecule has 1 N–H and O–H groups in total. The monoisotopic (exact) mass is 236 g/mol. The number of pyridine rings is 1. The number of ether oxygens (including phenoxy) is 2. The van der Waals surface area contributed by atoms with Gasteiger partial charge in [-0.15, -0.1) is 0 Å². The average Bonchev–Trinajstić information content (AvgIpc) is 2.39. The van der Waals surface area contributed by atoms with Crippen LogP contribution in [0, 0.1) is 0 Å². The lowest BCUT2D eigenvalue weighted by atomic mass is 10.1. The summed E-state index contributed by atoms with van der Waals surface area (Å²) < 4.78 is 11.1. The van der Waals surface area contributed by atoms with Crippen LogP contribution in [0.3, 0.4) is 0 Å². The molecule has 0 aromatic carbocycles. The van der Waals surface area contributed by atoms with Crippen LogP contribution in [0.5, 0.6) is 5.75 Å². The maximum absolute atomic E-state index is 5.85. The van der Waals surface area contributed by atoms with E-state index in [0.29, 0.717) is 0 Å². The summed E-state index contributed by atoms with van der Waals surface area (Å²) in [4.78, 5) is 4.36. The van der Waals surface area contributed by atoms with E-state index in [1.54, 1.807) is 0 Å². The van der Waals surface area contributed by atoms with Crippen LogP contribution in [-0.4, -0.2) is 30.8 Å². The first kappa shape index (κ1) is 12.3. The van der Waals surface area contributed by atoms with Crippen molar-refractivity contribution in [2.24, 2.45) is 0 Å². The quantitative estimate of drug-likeness (QED) is 0.846. The number of nitrogens with zero attached hydrogens (tertiary/aromatic N) is 1. The topological polar surface area (TPSA) is 43.4 Å². The minimum Gasteiger partial charge on any atom is -0.489 e. The molecule has 1 fully saturated rings. The molecule has 0 spiro atoms. The number of rotatable bonds is 5. The van der Waals surface area contributed by atoms with E-state index in [2.05, 4.69) is 17.2 Å². The third-order valence-corrected chi connectivity index (χ3v) is 2.82. The summed E-state index contributed by atoms with van der Waals surface area (Å²) >= 11 is 0. The number of hydrogen-bond acceptors (Lipinski definition) is 4. The molecule has 4 nitrogen and oxygen atoms in total. The Morgan fingerprint density at radius 3 is 2.88 bits per heavy atom. The van der Waals surface area contributed by atoms with Gasteiger partial charge in [0.1, 0.15) is 11.9 Å². The molecule has 0 aliphatic carbocycles. The van der Waals surface area contributed by atoms with Crippen molar-refractivity contribution in [2.45, 2.75) is 32.4 Å². The second-order valence-corrected chi connectivity index (χ2v) is 4.20. The summed E-state index contributed by atoms with van der Waals surface area (Å²) in [7, 11) is 0. The molecule has 0 radical (unpaired) electrons. The number of hydrogen-bond donors (Lipinski definition) is 1.